The summed E-state index contributed by atoms with van der Waals surface area (Å²) in [6.45, 7) is 2.04. The molecular formula is C24H24N6O2. The standard InChI is InChI=1S/C24H24N6O2/c1-25-19-9-18-16(8-21(19)30-13-24(32-23(30)31)11-28(2)12-24)22(27-14-26-18)17-10-29(3)20-7-5-4-6-15(17)20/h4-10,14,25H,11-13H2,1-3H3. The number of para-hydroxylation sites is 1. The molecule has 0 saturated carbocycles. The van der Waals surface area contributed by atoms with E-state index in [2.05, 4.69) is 43.1 Å². The van der Waals surface area contributed by atoms with Gasteiger partial charge in [0.2, 0.25) is 0 Å². The lowest BCUT2D eigenvalue weighted by atomic mass is 9.95. The van der Waals surface area contributed by atoms with Gasteiger partial charge in [-0.15, -0.1) is 0 Å². The quantitative estimate of drug-likeness (QED) is 0.539. The smallest absolute Gasteiger partial charge is 0.415 e. The van der Waals surface area contributed by atoms with Crippen molar-refractivity contribution in [3.05, 3.63) is 48.9 Å². The van der Waals surface area contributed by atoms with Gasteiger partial charge in [-0.2, -0.15) is 0 Å². The summed E-state index contributed by atoms with van der Waals surface area (Å²) in [6, 6.07) is 12.3. The van der Waals surface area contributed by atoms with Crippen molar-refractivity contribution in [1.82, 2.24) is 19.4 Å². The highest BCUT2D eigenvalue weighted by atomic mass is 16.6. The summed E-state index contributed by atoms with van der Waals surface area (Å²) in [6.07, 6.45) is 3.39. The number of likely N-dealkylation sites (N-methyl/N-ethyl adjacent to an activating group) is 1. The predicted octanol–water partition coefficient (Wildman–Crippen LogP) is 3.47. The van der Waals surface area contributed by atoms with Gasteiger partial charge in [-0.05, 0) is 25.2 Å². The maximum atomic E-state index is 12.8. The number of benzene rings is 2. The van der Waals surface area contributed by atoms with E-state index in [0.29, 0.717) is 6.54 Å². The summed E-state index contributed by atoms with van der Waals surface area (Å²) in [7, 11) is 5.92. The Hall–Kier alpha value is -3.65. The SMILES string of the molecule is CNc1cc2ncnc(-c3cn(C)c4ccccc34)c2cc1N1CC2(CN(C)C2)OC1=O. The average Bonchev–Trinajstić information content (AvgIpc) is 3.29. The van der Waals surface area contributed by atoms with Gasteiger partial charge in [0.25, 0.3) is 0 Å². The number of nitrogens with zero attached hydrogens (tertiary/aromatic N) is 5. The molecule has 0 unspecified atom stereocenters. The number of ether oxygens (including phenoxy) is 1. The van der Waals surface area contributed by atoms with Crippen LogP contribution in [0.25, 0.3) is 33.1 Å². The first-order valence-electron chi connectivity index (χ1n) is 10.7. The first-order valence-corrected chi connectivity index (χ1v) is 10.7. The van der Waals surface area contributed by atoms with Crippen LogP contribution in [-0.2, 0) is 11.8 Å². The fraction of sp³-hybridized carbons (Fsp3) is 0.292. The van der Waals surface area contributed by atoms with Crippen LogP contribution in [0.5, 0.6) is 0 Å². The zero-order valence-electron chi connectivity index (χ0n) is 18.3. The molecule has 0 atom stereocenters. The van der Waals surface area contributed by atoms with Gasteiger partial charge in [0, 0.05) is 55.2 Å². The van der Waals surface area contributed by atoms with E-state index >= 15 is 0 Å². The fourth-order valence-corrected chi connectivity index (χ4v) is 5.17. The van der Waals surface area contributed by atoms with Crippen molar-refractivity contribution in [3.63, 3.8) is 0 Å². The highest BCUT2D eigenvalue weighted by molar-refractivity contribution is 6.06. The average molecular weight is 428 g/mol. The summed E-state index contributed by atoms with van der Waals surface area (Å²) < 4.78 is 7.90. The zero-order valence-corrected chi connectivity index (χ0v) is 18.3. The van der Waals surface area contributed by atoms with Crippen LogP contribution in [0.15, 0.2) is 48.9 Å². The van der Waals surface area contributed by atoms with E-state index in [4.69, 9.17) is 4.74 Å². The van der Waals surface area contributed by atoms with E-state index in [1.54, 1.807) is 11.2 Å². The normalized spacial score (nSPS) is 17.8. The minimum atomic E-state index is -0.419. The van der Waals surface area contributed by atoms with Gasteiger partial charge in [0.1, 0.15) is 6.33 Å². The van der Waals surface area contributed by atoms with Crippen molar-refractivity contribution >= 4 is 39.3 Å². The lowest BCUT2D eigenvalue weighted by Gasteiger charge is -2.43. The largest absolute Gasteiger partial charge is 0.438 e. The molecule has 2 aromatic carbocycles. The summed E-state index contributed by atoms with van der Waals surface area (Å²) in [5, 5.41) is 5.26. The van der Waals surface area contributed by atoms with Crippen LogP contribution in [0, 0.1) is 0 Å². The third kappa shape index (κ3) is 2.69. The highest BCUT2D eigenvalue weighted by Gasteiger charge is 2.53. The molecule has 0 radical (unpaired) electrons. The van der Waals surface area contributed by atoms with Gasteiger partial charge in [0.05, 0.1) is 29.1 Å². The highest BCUT2D eigenvalue weighted by Crippen LogP contribution is 2.41. The Bertz CT molecular complexity index is 1390. The van der Waals surface area contributed by atoms with Crippen LogP contribution in [-0.4, -0.2) is 64.9 Å². The lowest BCUT2D eigenvalue weighted by Crippen LogP contribution is -2.62. The lowest BCUT2D eigenvalue weighted by molar-refractivity contribution is -0.0599. The predicted molar refractivity (Wildman–Crippen MR) is 125 cm³/mol. The fourth-order valence-electron chi connectivity index (χ4n) is 5.17. The molecule has 8 nitrogen and oxygen atoms in total. The molecular weight excluding hydrogens is 404 g/mol. The minimum absolute atomic E-state index is 0.308. The van der Waals surface area contributed by atoms with E-state index in [1.807, 2.05) is 45.4 Å². The number of anilines is 2. The van der Waals surface area contributed by atoms with Gasteiger partial charge in [-0.25, -0.2) is 14.8 Å². The van der Waals surface area contributed by atoms with Crippen LogP contribution in [0.1, 0.15) is 0 Å². The van der Waals surface area contributed by atoms with Gasteiger partial charge in [-0.1, -0.05) is 18.2 Å². The van der Waals surface area contributed by atoms with Crippen LogP contribution in [0.4, 0.5) is 16.2 Å². The van der Waals surface area contributed by atoms with Crippen molar-refractivity contribution in [2.75, 3.05) is 43.9 Å². The number of rotatable bonds is 3. The maximum Gasteiger partial charge on any atom is 0.415 e. The van der Waals surface area contributed by atoms with E-state index in [-0.39, 0.29) is 6.09 Å². The zero-order chi connectivity index (χ0) is 22.0. The number of aryl methyl sites for hydroxylation is 1. The van der Waals surface area contributed by atoms with E-state index in [1.165, 1.54) is 0 Å². The van der Waals surface area contributed by atoms with Gasteiger partial charge in [-0.3, -0.25) is 9.80 Å². The van der Waals surface area contributed by atoms with Crippen molar-refractivity contribution in [2.45, 2.75) is 5.60 Å². The molecule has 2 aliphatic rings. The molecule has 8 heteroatoms. The number of amides is 1. The number of carbonyl (C=O) groups excluding carboxylic acids is 1. The third-order valence-corrected chi connectivity index (χ3v) is 6.55. The number of likely N-dealkylation sites (tertiary alicyclic amines) is 1. The van der Waals surface area contributed by atoms with Gasteiger partial charge < -0.3 is 14.6 Å². The molecule has 32 heavy (non-hydrogen) atoms. The maximum absolute atomic E-state index is 12.8. The molecule has 1 N–H and O–H groups in total. The molecule has 0 bridgehead atoms. The minimum Gasteiger partial charge on any atom is -0.438 e. The van der Waals surface area contributed by atoms with E-state index in [9.17, 15) is 4.79 Å². The van der Waals surface area contributed by atoms with Crippen molar-refractivity contribution in [1.29, 1.82) is 0 Å². The Kier molecular flexibility index (Phi) is 3.98. The van der Waals surface area contributed by atoms with E-state index in [0.717, 1.165) is 57.5 Å². The number of hydrogen-bond donors (Lipinski definition) is 1. The summed E-state index contributed by atoms with van der Waals surface area (Å²) in [5.41, 5.74) is 5.05. The number of nitrogens with one attached hydrogen (secondary N) is 1. The molecule has 2 saturated heterocycles. The number of carbonyl (C=O) groups is 1. The van der Waals surface area contributed by atoms with E-state index < -0.39 is 5.60 Å². The Labute approximate surface area is 185 Å². The van der Waals surface area contributed by atoms with Crippen LogP contribution >= 0.6 is 0 Å². The Balaban J connectivity index is 1.53. The van der Waals surface area contributed by atoms with Crippen molar-refractivity contribution in [2.24, 2.45) is 7.05 Å². The molecule has 2 aliphatic heterocycles. The molecule has 2 fully saturated rings. The molecule has 4 aromatic rings. The third-order valence-electron chi connectivity index (χ3n) is 6.55. The van der Waals surface area contributed by atoms with Crippen molar-refractivity contribution < 1.29 is 9.53 Å². The van der Waals surface area contributed by atoms with Crippen LogP contribution in [0.3, 0.4) is 0 Å². The van der Waals surface area contributed by atoms with Gasteiger partial charge >= 0.3 is 6.09 Å². The Morgan fingerprint density at radius 3 is 2.66 bits per heavy atom. The van der Waals surface area contributed by atoms with Crippen LogP contribution in [0.2, 0.25) is 0 Å². The summed E-state index contributed by atoms with van der Waals surface area (Å²) >= 11 is 0. The second-order valence-corrected chi connectivity index (χ2v) is 8.84. The second-order valence-electron chi connectivity index (χ2n) is 8.84. The molecule has 2 aromatic heterocycles. The molecule has 4 heterocycles. The summed E-state index contributed by atoms with van der Waals surface area (Å²) in [5.74, 6) is 0. The first-order chi connectivity index (χ1) is 15.5. The molecule has 162 valence electrons. The van der Waals surface area contributed by atoms with Gasteiger partial charge in [0.15, 0.2) is 5.60 Å². The monoisotopic (exact) mass is 428 g/mol. The number of hydrogen-bond acceptors (Lipinski definition) is 6. The number of aromatic nitrogens is 3. The van der Waals surface area contributed by atoms with Crippen LogP contribution < -0.4 is 10.2 Å². The second kappa shape index (κ2) is 6.67. The molecule has 6 rings (SSSR count). The molecule has 1 amide bonds. The summed E-state index contributed by atoms with van der Waals surface area (Å²) in [4.78, 5) is 25.9. The molecule has 0 aliphatic carbocycles. The Morgan fingerprint density at radius 2 is 1.88 bits per heavy atom. The topological polar surface area (TPSA) is 75.5 Å². The first kappa shape index (κ1) is 19.1. The Morgan fingerprint density at radius 1 is 1.06 bits per heavy atom. The molecule has 1 spiro atoms. The van der Waals surface area contributed by atoms with Crippen molar-refractivity contribution in [3.8, 4) is 11.3 Å². The number of fused-ring (bicyclic) bond motifs is 2.